The van der Waals surface area contributed by atoms with Crippen molar-refractivity contribution in [1.29, 1.82) is 0 Å². The number of carbonyl (C=O) groups excluding carboxylic acids is 1. The second kappa shape index (κ2) is 6.56. The topological polar surface area (TPSA) is 66.4 Å². The van der Waals surface area contributed by atoms with E-state index in [0.29, 0.717) is 5.02 Å². The average Bonchev–Trinajstić information content (AvgIpc) is 2.84. The summed E-state index contributed by atoms with van der Waals surface area (Å²) in [4.78, 5) is 24.0. The summed E-state index contributed by atoms with van der Waals surface area (Å²) in [5.74, 6) is -1.54. The Morgan fingerprint density at radius 2 is 2.10 bits per heavy atom. The quantitative estimate of drug-likeness (QED) is 0.834. The van der Waals surface area contributed by atoms with Crippen molar-refractivity contribution >= 4 is 46.6 Å². The van der Waals surface area contributed by atoms with Crippen LogP contribution in [0.5, 0.6) is 0 Å². The fourth-order valence-electron chi connectivity index (χ4n) is 1.68. The Kier molecular flexibility index (Phi) is 4.77. The van der Waals surface area contributed by atoms with Gasteiger partial charge in [-0.2, -0.15) is 0 Å². The van der Waals surface area contributed by atoms with Crippen molar-refractivity contribution in [1.82, 2.24) is 0 Å². The van der Waals surface area contributed by atoms with Crippen molar-refractivity contribution in [3.05, 3.63) is 56.7 Å². The highest BCUT2D eigenvalue weighted by Crippen LogP contribution is 2.21. The molecule has 0 spiro atoms. The zero-order valence-corrected chi connectivity index (χ0v) is 12.7. The summed E-state index contributed by atoms with van der Waals surface area (Å²) in [6.45, 7) is 1.95. The summed E-state index contributed by atoms with van der Waals surface area (Å²) in [5.41, 5.74) is 1.25. The maximum atomic E-state index is 11.9. The van der Waals surface area contributed by atoms with Gasteiger partial charge < -0.3 is 10.4 Å². The number of aromatic carboxylic acids is 1. The van der Waals surface area contributed by atoms with Crippen LogP contribution in [-0.2, 0) is 4.79 Å². The van der Waals surface area contributed by atoms with Crippen molar-refractivity contribution in [3.8, 4) is 0 Å². The van der Waals surface area contributed by atoms with Gasteiger partial charge in [-0.3, -0.25) is 4.79 Å². The summed E-state index contributed by atoms with van der Waals surface area (Å²) >= 11 is 7.28. The Morgan fingerprint density at radius 1 is 1.33 bits per heavy atom. The van der Waals surface area contributed by atoms with Gasteiger partial charge in [0.15, 0.2) is 0 Å². The summed E-state index contributed by atoms with van der Waals surface area (Å²) in [7, 11) is 0. The fourth-order valence-corrected chi connectivity index (χ4v) is 2.67. The van der Waals surface area contributed by atoms with E-state index in [9.17, 15) is 9.59 Å². The first-order chi connectivity index (χ1) is 9.97. The van der Waals surface area contributed by atoms with Gasteiger partial charge in [-0.05, 0) is 48.2 Å². The lowest BCUT2D eigenvalue weighted by atomic mass is 10.2. The van der Waals surface area contributed by atoms with Crippen LogP contribution in [0.15, 0.2) is 35.7 Å². The summed E-state index contributed by atoms with van der Waals surface area (Å²) in [5, 5.41) is 13.9. The second-order valence-corrected chi connectivity index (χ2v) is 5.67. The molecule has 0 aliphatic heterocycles. The van der Waals surface area contributed by atoms with E-state index in [2.05, 4.69) is 5.32 Å². The molecular weight excluding hydrogens is 310 g/mol. The molecule has 0 aliphatic rings. The number of nitrogens with one attached hydrogen (secondary N) is 1. The van der Waals surface area contributed by atoms with Gasteiger partial charge >= 0.3 is 5.97 Å². The van der Waals surface area contributed by atoms with E-state index in [0.717, 1.165) is 10.4 Å². The van der Waals surface area contributed by atoms with Crippen LogP contribution in [0.25, 0.3) is 6.08 Å². The number of hydrogen-bond donors (Lipinski definition) is 2. The maximum Gasteiger partial charge on any atom is 0.337 e. The van der Waals surface area contributed by atoms with Crippen molar-refractivity contribution in [2.45, 2.75) is 6.92 Å². The summed E-state index contributed by atoms with van der Waals surface area (Å²) in [6.07, 6.45) is 3.07. The monoisotopic (exact) mass is 321 g/mol. The first kappa shape index (κ1) is 15.3. The molecule has 0 unspecified atom stereocenters. The lowest BCUT2D eigenvalue weighted by molar-refractivity contribution is -0.111. The van der Waals surface area contributed by atoms with Gasteiger partial charge in [0.2, 0.25) is 5.91 Å². The molecule has 21 heavy (non-hydrogen) atoms. The molecule has 0 aliphatic carbocycles. The lowest BCUT2D eigenvalue weighted by Gasteiger charge is -2.06. The molecule has 4 nitrogen and oxygen atoms in total. The highest BCUT2D eigenvalue weighted by atomic mass is 35.5. The van der Waals surface area contributed by atoms with Crippen molar-refractivity contribution in [3.63, 3.8) is 0 Å². The number of anilines is 1. The fraction of sp³-hybridized carbons (Fsp3) is 0.0667. The molecule has 1 heterocycles. The van der Waals surface area contributed by atoms with E-state index in [-0.39, 0.29) is 11.3 Å². The van der Waals surface area contributed by atoms with Crippen molar-refractivity contribution < 1.29 is 14.7 Å². The number of benzene rings is 1. The van der Waals surface area contributed by atoms with Crippen molar-refractivity contribution in [2.24, 2.45) is 0 Å². The van der Waals surface area contributed by atoms with E-state index in [4.69, 9.17) is 16.7 Å². The van der Waals surface area contributed by atoms with Gasteiger partial charge in [0, 0.05) is 16.0 Å². The summed E-state index contributed by atoms with van der Waals surface area (Å²) in [6, 6.07) is 6.25. The predicted octanol–water partition coefficient (Wildman–Crippen LogP) is 4.06. The number of rotatable bonds is 4. The summed E-state index contributed by atoms with van der Waals surface area (Å²) < 4.78 is 0. The predicted molar refractivity (Wildman–Crippen MR) is 85.1 cm³/mol. The number of carboxylic acid groups (broad SMARTS) is 1. The van der Waals surface area contributed by atoms with Crippen LogP contribution >= 0.6 is 22.9 Å². The number of thiophene rings is 1. The Bertz CT molecular complexity index is 721. The van der Waals surface area contributed by atoms with Gasteiger partial charge in [0.1, 0.15) is 0 Å². The Morgan fingerprint density at radius 3 is 2.71 bits per heavy atom. The number of aryl methyl sites for hydroxylation is 1. The molecule has 1 amide bonds. The lowest BCUT2D eigenvalue weighted by Crippen LogP contribution is -2.11. The Balaban J connectivity index is 2.15. The molecular formula is C15H12ClNO3S. The minimum atomic E-state index is -1.15. The highest BCUT2D eigenvalue weighted by molar-refractivity contribution is 7.11. The highest BCUT2D eigenvalue weighted by Gasteiger charge is 2.12. The minimum absolute atomic E-state index is 0.0449. The third kappa shape index (κ3) is 3.93. The molecule has 1 aromatic carbocycles. The largest absolute Gasteiger partial charge is 0.478 e. The van der Waals surface area contributed by atoms with E-state index >= 15 is 0 Å². The van der Waals surface area contributed by atoms with Gasteiger partial charge in [-0.1, -0.05) is 11.6 Å². The molecule has 0 atom stereocenters. The molecule has 0 saturated heterocycles. The Hall–Kier alpha value is -2.11. The van der Waals surface area contributed by atoms with Crippen LogP contribution in [-0.4, -0.2) is 17.0 Å². The maximum absolute atomic E-state index is 11.9. The smallest absolute Gasteiger partial charge is 0.337 e. The number of carbonyl (C=O) groups is 2. The molecule has 0 fully saturated rings. The number of hydrogen-bond acceptors (Lipinski definition) is 3. The van der Waals surface area contributed by atoms with Crippen LogP contribution < -0.4 is 5.32 Å². The molecule has 108 valence electrons. The van der Waals surface area contributed by atoms with E-state index in [1.165, 1.54) is 35.6 Å². The zero-order chi connectivity index (χ0) is 15.4. The van der Waals surface area contributed by atoms with Crippen LogP contribution in [0.2, 0.25) is 5.02 Å². The minimum Gasteiger partial charge on any atom is -0.478 e. The molecule has 6 heteroatoms. The van der Waals surface area contributed by atoms with E-state index < -0.39 is 11.9 Å². The first-order valence-electron chi connectivity index (χ1n) is 6.03. The van der Waals surface area contributed by atoms with Gasteiger partial charge in [-0.25, -0.2) is 4.79 Å². The third-order valence-electron chi connectivity index (χ3n) is 2.76. The van der Waals surface area contributed by atoms with E-state index in [1.54, 1.807) is 6.08 Å². The molecule has 2 aromatic rings. The second-order valence-electron chi connectivity index (χ2n) is 4.29. The molecule has 1 aromatic heterocycles. The van der Waals surface area contributed by atoms with Crippen molar-refractivity contribution in [2.75, 3.05) is 5.32 Å². The zero-order valence-electron chi connectivity index (χ0n) is 11.1. The van der Waals surface area contributed by atoms with Crippen LogP contribution in [0.1, 0.15) is 20.8 Å². The molecule has 0 bridgehead atoms. The molecule has 2 N–H and O–H groups in total. The number of halogens is 1. The Labute approximate surface area is 130 Å². The molecule has 2 rings (SSSR count). The van der Waals surface area contributed by atoms with Gasteiger partial charge in [0.05, 0.1) is 11.3 Å². The first-order valence-corrected chi connectivity index (χ1v) is 7.29. The molecule has 0 saturated carbocycles. The van der Waals surface area contributed by atoms with Gasteiger partial charge in [-0.15, -0.1) is 11.3 Å². The van der Waals surface area contributed by atoms with Crippen LogP contribution in [0.4, 0.5) is 5.69 Å². The van der Waals surface area contributed by atoms with E-state index in [1.807, 2.05) is 18.4 Å². The number of amides is 1. The third-order valence-corrected chi connectivity index (χ3v) is 3.98. The average molecular weight is 322 g/mol. The van der Waals surface area contributed by atoms with Crippen LogP contribution in [0, 0.1) is 6.92 Å². The van der Waals surface area contributed by atoms with Gasteiger partial charge in [0.25, 0.3) is 0 Å². The number of carboxylic acids is 1. The SMILES string of the molecule is Cc1ccsc1/C=C/C(=O)Nc1ccc(Cl)cc1C(=O)O. The molecule has 0 radical (unpaired) electrons. The normalized spacial score (nSPS) is 10.8. The standard InChI is InChI=1S/C15H12ClNO3S/c1-9-6-7-21-13(9)4-5-14(18)17-12-3-2-10(16)8-11(12)15(19)20/h2-8H,1H3,(H,17,18)(H,19,20)/b5-4+. The van der Waals surface area contributed by atoms with Crippen LogP contribution in [0.3, 0.4) is 0 Å².